The lowest BCUT2D eigenvalue weighted by atomic mass is 9.98. The van der Waals surface area contributed by atoms with E-state index in [9.17, 15) is 4.79 Å². The van der Waals surface area contributed by atoms with E-state index in [0.29, 0.717) is 41.0 Å². The summed E-state index contributed by atoms with van der Waals surface area (Å²) >= 11 is 1.48. The number of carbonyl (C=O) groups is 1. The zero-order valence-electron chi connectivity index (χ0n) is 22.9. The van der Waals surface area contributed by atoms with Crippen molar-refractivity contribution in [1.29, 1.82) is 0 Å². The number of rotatable bonds is 7. The quantitative estimate of drug-likeness (QED) is 0.384. The molecular weight excluding hydrogens is 488 g/mol. The first-order valence-corrected chi connectivity index (χ1v) is 13.3. The third-order valence-corrected chi connectivity index (χ3v) is 7.11. The molecule has 37 heavy (non-hydrogen) atoms. The number of ether oxygens (including phenoxy) is 2. The molecule has 0 saturated heterocycles. The Kier molecular flexibility index (Phi) is 7.50. The topological polar surface area (TPSA) is 103 Å². The van der Waals surface area contributed by atoms with Gasteiger partial charge >= 0.3 is 6.09 Å². The second-order valence-corrected chi connectivity index (χ2v) is 12.7. The highest BCUT2D eigenvalue weighted by Crippen LogP contribution is 2.46. The number of aryl methyl sites for hydroxylation is 2. The standard InChI is InChI=1S/C27H36N6O3S/c1-16-9-10-20(28-13-16)19-11-18(19)15-35-22-12-21(29-17(2)30-22)33(25(34)36-27(6,7)8)14-23-31-32-24(37-23)26(3,4)5/h9-10,12-13,18-19H,11,14-15H2,1-8H3. The van der Waals surface area contributed by atoms with Crippen molar-refractivity contribution in [2.75, 3.05) is 11.5 Å². The van der Waals surface area contributed by atoms with Gasteiger partial charge in [-0.3, -0.25) is 9.88 Å². The summed E-state index contributed by atoms with van der Waals surface area (Å²) in [4.78, 5) is 28.2. The second kappa shape index (κ2) is 10.3. The van der Waals surface area contributed by atoms with E-state index in [1.807, 2.05) is 33.9 Å². The number of aromatic nitrogens is 5. The third-order valence-electron chi connectivity index (χ3n) is 5.78. The minimum atomic E-state index is -0.667. The van der Waals surface area contributed by atoms with Crippen molar-refractivity contribution >= 4 is 23.2 Å². The van der Waals surface area contributed by atoms with Gasteiger partial charge in [0.25, 0.3) is 0 Å². The molecule has 2 unspecified atom stereocenters. The predicted octanol–water partition coefficient (Wildman–Crippen LogP) is 5.76. The lowest BCUT2D eigenvalue weighted by Gasteiger charge is -2.26. The van der Waals surface area contributed by atoms with E-state index in [-0.39, 0.29) is 12.0 Å². The molecule has 0 bridgehead atoms. The van der Waals surface area contributed by atoms with E-state index >= 15 is 0 Å². The zero-order valence-corrected chi connectivity index (χ0v) is 23.7. The number of amides is 1. The van der Waals surface area contributed by atoms with Gasteiger partial charge in [-0.2, -0.15) is 4.98 Å². The fraction of sp³-hybridized carbons (Fsp3) is 0.556. The van der Waals surface area contributed by atoms with E-state index in [1.165, 1.54) is 16.2 Å². The van der Waals surface area contributed by atoms with Crippen molar-refractivity contribution in [3.05, 3.63) is 51.5 Å². The summed E-state index contributed by atoms with van der Waals surface area (Å²) in [6, 6.07) is 5.86. The monoisotopic (exact) mass is 524 g/mol. The maximum Gasteiger partial charge on any atom is 0.416 e. The average molecular weight is 525 g/mol. The van der Waals surface area contributed by atoms with Gasteiger partial charge in [0.15, 0.2) is 0 Å². The molecule has 1 aliphatic rings. The van der Waals surface area contributed by atoms with Crippen LogP contribution in [0.1, 0.15) is 81.0 Å². The zero-order chi connectivity index (χ0) is 27.0. The molecule has 3 heterocycles. The van der Waals surface area contributed by atoms with Crippen LogP contribution in [0.3, 0.4) is 0 Å². The maximum atomic E-state index is 13.2. The van der Waals surface area contributed by atoms with Gasteiger partial charge in [0, 0.05) is 35.2 Å². The van der Waals surface area contributed by atoms with Crippen LogP contribution >= 0.6 is 11.3 Å². The van der Waals surface area contributed by atoms with Crippen LogP contribution in [0.15, 0.2) is 24.4 Å². The Hall–Kier alpha value is -3.14. The SMILES string of the molecule is Cc1ccc(C2CC2COc2cc(N(Cc3nnc(C(C)(C)C)s3)C(=O)OC(C)(C)C)nc(C)n2)nc1. The van der Waals surface area contributed by atoms with E-state index in [1.54, 1.807) is 13.0 Å². The van der Waals surface area contributed by atoms with Crippen molar-refractivity contribution in [3.8, 4) is 5.88 Å². The van der Waals surface area contributed by atoms with E-state index in [4.69, 9.17) is 9.47 Å². The Morgan fingerprint density at radius 2 is 1.86 bits per heavy atom. The molecule has 10 heteroatoms. The molecule has 4 rings (SSSR count). The first-order chi connectivity index (χ1) is 17.3. The van der Waals surface area contributed by atoms with Crippen LogP contribution in [0.5, 0.6) is 5.88 Å². The molecule has 2 atom stereocenters. The van der Waals surface area contributed by atoms with Crippen molar-refractivity contribution in [1.82, 2.24) is 25.1 Å². The predicted molar refractivity (Wildman–Crippen MR) is 143 cm³/mol. The number of hydrogen-bond acceptors (Lipinski definition) is 9. The first kappa shape index (κ1) is 26.9. The number of nitrogens with zero attached hydrogens (tertiary/aromatic N) is 6. The number of anilines is 1. The van der Waals surface area contributed by atoms with Gasteiger partial charge in [0.1, 0.15) is 27.3 Å². The van der Waals surface area contributed by atoms with Crippen LogP contribution in [-0.2, 0) is 16.7 Å². The van der Waals surface area contributed by atoms with Crippen molar-refractivity contribution in [3.63, 3.8) is 0 Å². The third kappa shape index (κ3) is 7.21. The number of hydrogen-bond donors (Lipinski definition) is 0. The van der Waals surface area contributed by atoms with Crippen LogP contribution < -0.4 is 9.64 Å². The highest BCUT2D eigenvalue weighted by molar-refractivity contribution is 7.11. The molecule has 0 radical (unpaired) electrons. The Labute approximate surface area is 222 Å². The Morgan fingerprint density at radius 1 is 1.11 bits per heavy atom. The van der Waals surface area contributed by atoms with Gasteiger partial charge in [-0.15, -0.1) is 10.2 Å². The summed E-state index contributed by atoms with van der Waals surface area (Å²) < 4.78 is 11.8. The fourth-order valence-corrected chi connectivity index (χ4v) is 4.62. The van der Waals surface area contributed by atoms with Crippen LogP contribution in [0.4, 0.5) is 10.6 Å². The summed E-state index contributed by atoms with van der Waals surface area (Å²) in [6.07, 6.45) is 2.42. The molecule has 0 N–H and O–H groups in total. The molecule has 1 aliphatic carbocycles. The van der Waals surface area contributed by atoms with Crippen LogP contribution in [0.2, 0.25) is 0 Å². The molecule has 1 amide bonds. The van der Waals surface area contributed by atoms with Crippen LogP contribution in [0.25, 0.3) is 0 Å². The molecule has 0 aromatic carbocycles. The van der Waals surface area contributed by atoms with E-state index in [0.717, 1.165) is 22.7 Å². The minimum absolute atomic E-state index is 0.131. The molecule has 3 aromatic rings. The molecule has 1 fully saturated rings. The van der Waals surface area contributed by atoms with Crippen LogP contribution in [-0.4, -0.2) is 43.5 Å². The summed E-state index contributed by atoms with van der Waals surface area (Å²) in [7, 11) is 0. The van der Waals surface area contributed by atoms with Crippen molar-refractivity contribution in [2.45, 2.75) is 85.3 Å². The van der Waals surface area contributed by atoms with Gasteiger partial charge in [-0.1, -0.05) is 38.2 Å². The molecule has 3 aromatic heterocycles. The molecular formula is C27H36N6O3S. The highest BCUT2D eigenvalue weighted by atomic mass is 32.1. The Bertz CT molecular complexity index is 1250. The van der Waals surface area contributed by atoms with Gasteiger partial charge in [0.2, 0.25) is 5.88 Å². The second-order valence-electron chi connectivity index (χ2n) is 11.6. The van der Waals surface area contributed by atoms with Crippen molar-refractivity contribution in [2.24, 2.45) is 5.92 Å². The summed E-state index contributed by atoms with van der Waals surface area (Å²) in [5.74, 6) is 2.10. The number of pyridine rings is 1. The van der Waals surface area contributed by atoms with Crippen molar-refractivity contribution < 1.29 is 14.3 Å². The van der Waals surface area contributed by atoms with Gasteiger partial charge in [-0.05, 0) is 52.7 Å². The Morgan fingerprint density at radius 3 is 2.49 bits per heavy atom. The molecule has 0 spiro atoms. The van der Waals surface area contributed by atoms with Gasteiger partial charge < -0.3 is 9.47 Å². The smallest absolute Gasteiger partial charge is 0.416 e. The van der Waals surface area contributed by atoms with Gasteiger partial charge in [0.05, 0.1) is 13.2 Å². The van der Waals surface area contributed by atoms with Crippen LogP contribution in [0, 0.1) is 19.8 Å². The largest absolute Gasteiger partial charge is 0.477 e. The lowest BCUT2D eigenvalue weighted by molar-refractivity contribution is 0.0576. The first-order valence-electron chi connectivity index (χ1n) is 12.5. The maximum absolute atomic E-state index is 13.2. The summed E-state index contributed by atoms with van der Waals surface area (Å²) in [5.41, 5.74) is 1.45. The Balaban J connectivity index is 1.51. The molecule has 1 saturated carbocycles. The average Bonchev–Trinajstić information content (AvgIpc) is 3.39. The van der Waals surface area contributed by atoms with E-state index < -0.39 is 11.7 Å². The highest BCUT2D eigenvalue weighted by Gasteiger charge is 2.40. The minimum Gasteiger partial charge on any atom is -0.477 e. The normalized spacial score (nSPS) is 17.4. The fourth-order valence-electron chi connectivity index (χ4n) is 3.73. The van der Waals surface area contributed by atoms with E-state index in [2.05, 4.69) is 58.1 Å². The lowest BCUT2D eigenvalue weighted by Crippen LogP contribution is -2.37. The van der Waals surface area contributed by atoms with Gasteiger partial charge in [-0.25, -0.2) is 9.78 Å². The summed E-state index contributed by atoms with van der Waals surface area (Å²) in [6.45, 7) is 16.3. The molecule has 0 aliphatic heterocycles. The number of carbonyl (C=O) groups excluding carboxylic acids is 1. The summed E-state index contributed by atoms with van der Waals surface area (Å²) in [5, 5.41) is 10.2. The molecule has 9 nitrogen and oxygen atoms in total. The molecule has 198 valence electrons.